The summed E-state index contributed by atoms with van der Waals surface area (Å²) in [5.74, 6) is -0.151. The van der Waals surface area contributed by atoms with E-state index in [1.807, 2.05) is 24.3 Å². The third-order valence-corrected chi connectivity index (χ3v) is 2.95. The topological polar surface area (TPSA) is 37.8 Å². The van der Waals surface area contributed by atoms with Gasteiger partial charge in [-0.3, -0.25) is 0 Å². The lowest BCUT2D eigenvalue weighted by Crippen LogP contribution is -2.05. The molecule has 2 rings (SSSR count). The molecule has 0 bridgehead atoms. The normalized spacial score (nSPS) is 10.9. The van der Waals surface area contributed by atoms with Gasteiger partial charge in [0.1, 0.15) is 6.33 Å². The second kappa shape index (κ2) is 6.80. The minimum atomic E-state index is -0.394. The molecule has 20 heavy (non-hydrogen) atoms. The van der Waals surface area contributed by atoms with E-state index in [-0.39, 0.29) is 5.82 Å². The van der Waals surface area contributed by atoms with E-state index in [9.17, 15) is 4.39 Å². The van der Waals surface area contributed by atoms with Crippen LogP contribution in [0, 0.1) is 12.7 Å². The number of benzene rings is 1. The van der Waals surface area contributed by atoms with Gasteiger partial charge in [-0.1, -0.05) is 43.3 Å². The number of aryl methyl sites for hydroxylation is 1. The van der Waals surface area contributed by atoms with Gasteiger partial charge < -0.3 is 5.32 Å². The molecule has 1 heterocycles. The van der Waals surface area contributed by atoms with Crippen molar-refractivity contribution in [2.24, 2.45) is 0 Å². The summed E-state index contributed by atoms with van der Waals surface area (Å²) in [7, 11) is 0. The number of rotatable bonds is 5. The molecule has 0 unspecified atom stereocenters. The zero-order valence-corrected chi connectivity index (χ0v) is 11.7. The molecule has 0 saturated heterocycles. The van der Waals surface area contributed by atoms with Crippen LogP contribution in [0.15, 0.2) is 36.7 Å². The highest BCUT2D eigenvalue weighted by atomic mass is 19.1. The first-order valence-corrected chi connectivity index (χ1v) is 6.67. The summed E-state index contributed by atoms with van der Waals surface area (Å²) >= 11 is 0. The third-order valence-electron chi connectivity index (χ3n) is 2.95. The molecule has 104 valence electrons. The second-order valence-corrected chi connectivity index (χ2v) is 4.53. The lowest BCUT2D eigenvalue weighted by Gasteiger charge is -2.07. The van der Waals surface area contributed by atoms with Crippen LogP contribution >= 0.6 is 0 Å². The largest absolute Gasteiger partial charge is 0.363 e. The maximum Gasteiger partial charge on any atom is 0.186 e. The quantitative estimate of drug-likeness (QED) is 0.894. The van der Waals surface area contributed by atoms with E-state index in [1.54, 1.807) is 6.92 Å². The summed E-state index contributed by atoms with van der Waals surface area (Å²) in [6.07, 6.45) is 6.59. The standard InChI is InChI=1S/C16H18FN3/c1-3-4-5-13-6-8-14(9-7-13)10-18-16-15(17)12(2)19-11-20-16/h4-9,11H,3,10H2,1-2H3,(H,18,19,20)/b5-4+. The van der Waals surface area contributed by atoms with E-state index in [0.29, 0.717) is 12.2 Å². The van der Waals surface area contributed by atoms with Gasteiger partial charge in [-0.2, -0.15) is 0 Å². The average Bonchev–Trinajstić information content (AvgIpc) is 2.48. The first-order valence-electron chi connectivity index (χ1n) is 6.67. The Hall–Kier alpha value is -2.23. The number of allylic oxidation sites excluding steroid dienone is 1. The summed E-state index contributed by atoms with van der Waals surface area (Å²) in [5.41, 5.74) is 2.59. The molecule has 4 heteroatoms. The zero-order valence-electron chi connectivity index (χ0n) is 11.7. The van der Waals surface area contributed by atoms with Crippen molar-refractivity contribution < 1.29 is 4.39 Å². The smallest absolute Gasteiger partial charge is 0.186 e. The molecular formula is C16H18FN3. The van der Waals surface area contributed by atoms with Crippen LogP contribution in [-0.4, -0.2) is 9.97 Å². The van der Waals surface area contributed by atoms with Gasteiger partial charge in [-0.25, -0.2) is 14.4 Å². The fraction of sp³-hybridized carbons (Fsp3) is 0.250. The molecule has 0 saturated carbocycles. The molecule has 0 aliphatic rings. The van der Waals surface area contributed by atoms with Crippen LogP contribution in [0.5, 0.6) is 0 Å². The minimum absolute atomic E-state index is 0.243. The third kappa shape index (κ3) is 3.63. The van der Waals surface area contributed by atoms with Crippen molar-refractivity contribution in [2.45, 2.75) is 26.8 Å². The first kappa shape index (κ1) is 14.2. The average molecular weight is 271 g/mol. The number of halogens is 1. The van der Waals surface area contributed by atoms with E-state index >= 15 is 0 Å². The molecule has 3 nitrogen and oxygen atoms in total. The fourth-order valence-electron chi connectivity index (χ4n) is 1.77. The van der Waals surface area contributed by atoms with Crippen molar-refractivity contribution in [2.75, 3.05) is 5.32 Å². The van der Waals surface area contributed by atoms with Gasteiger partial charge in [-0.05, 0) is 24.5 Å². The molecule has 0 aliphatic heterocycles. The molecule has 0 amide bonds. The lowest BCUT2D eigenvalue weighted by atomic mass is 10.1. The summed E-state index contributed by atoms with van der Waals surface area (Å²) in [6, 6.07) is 8.14. The molecular weight excluding hydrogens is 253 g/mol. The van der Waals surface area contributed by atoms with E-state index in [4.69, 9.17) is 0 Å². The molecule has 2 aromatic rings. The number of hydrogen-bond donors (Lipinski definition) is 1. The van der Waals surface area contributed by atoms with Crippen LogP contribution in [0.4, 0.5) is 10.2 Å². The van der Waals surface area contributed by atoms with Gasteiger partial charge in [0.2, 0.25) is 0 Å². The summed E-state index contributed by atoms with van der Waals surface area (Å²) in [5, 5.41) is 2.99. The highest BCUT2D eigenvalue weighted by Crippen LogP contribution is 2.13. The van der Waals surface area contributed by atoms with Crippen molar-refractivity contribution in [3.63, 3.8) is 0 Å². The monoisotopic (exact) mass is 271 g/mol. The number of nitrogens with one attached hydrogen (secondary N) is 1. The lowest BCUT2D eigenvalue weighted by molar-refractivity contribution is 0.604. The number of hydrogen-bond acceptors (Lipinski definition) is 3. The number of nitrogens with zero attached hydrogens (tertiary/aromatic N) is 2. The first-order chi connectivity index (χ1) is 9.70. The van der Waals surface area contributed by atoms with E-state index < -0.39 is 5.82 Å². The summed E-state index contributed by atoms with van der Waals surface area (Å²) < 4.78 is 13.7. The summed E-state index contributed by atoms with van der Waals surface area (Å²) in [4.78, 5) is 7.70. The second-order valence-electron chi connectivity index (χ2n) is 4.53. The minimum Gasteiger partial charge on any atom is -0.363 e. The Bertz CT molecular complexity index is 591. The Balaban J connectivity index is 2.00. The predicted octanol–water partition coefficient (Wildman–Crippen LogP) is 3.96. The molecule has 0 atom stereocenters. The molecule has 1 aromatic carbocycles. The van der Waals surface area contributed by atoms with E-state index in [0.717, 1.165) is 12.0 Å². The van der Waals surface area contributed by atoms with Crippen LogP contribution in [0.25, 0.3) is 6.08 Å². The summed E-state index contributed by atoms with van der Waals surface area (Å²) in [6.45, 7) is 4.26. The molecule has 0 aliphatic carbocycles. The Morgan fingerprint density at radius 3 is 2.65 bits per heavy atom. The van der Waals surface area contributed by atoms with Crippen LogP contribution in [0.3, 0.4) is 0 Å². The Kier molecular flexibility index (Phi) is 4.82. The van der Waals surface area contributed by atoms with Crippen molar-refractivity contribution in [3.05, 3.63) is 59.3 Å². The maximum absolute atomic E-state index is 13.7. The van der Waals surface area contributed by atoms with Crippen LogP contribution in [0.2, 0.25) is 0 Å². The Morgan fingerprint density at radius 1 is 1.20 bits per heavy atom. The van der Waals surface area contributed by atoms with Crippen molar-refractivity contribution >= 4 is 11.9 Å². The molecule has 0 spiro atoms. The van der Waals surface area contributed by atoms with Crippen molar-refractivity contribution in [1.82, 2.24) is 9.97 Å². The van der Waals surface area contributed by atoms with Gasteiger partial charge in [0.25, 0.3) is 0 Å². The highest BCUT2D eigenvalue weighted by Gasteiger charge is 2.06. The van der Waals surface area contributed by atoms with Crippen LogP contribution < -0.4 is 5.32 Å². The molecule has 1 N–H and O–H groups in total. The maximum atomic E-state index is 13.7. The Labute approximate surface area is 118 Å². The molecule has 0 radical (unpaired) electrons. The van der Waals surface area contributed by atoms with Gasteiger partial charge in [0, 0.05) is 6.54 Å². The molecule has 1 aromatic heterocycles. The number of anilines is 1. The van der Waals surface area contributed by atoms with E-state index in [2.05, 4.69) is 34.4 Å². The Morgan fingerprint density at radius 2 is 1.95 bits per heavy atom. The van der Waals surface area contributed by atoms with Gasteiger partial charge >= 0.3 is 0 Å². The van der Waals surface area contributed by atoms with Gasteiger partial charge in [-0.15, -0.1) is 0 Å². The fourth-order valence-corrected chi connectivity index (χ4v) is 1.77. The van der Waals surface area contributed by atoms with Gasteiger partial charge in [0.05, 0.1) is 5.69 Å². The highest BCUT2D eigenvalue weighted by molar-refractivity contribution is 5.49. The van der Waals surface area contributed by atoms with Gasteiger partial charge in [0.15, 0.2) is 11.6 Å². The van der Waals surface area contributed by atoms with Crippen LogP contribution in [0.1, 0.15) is 30.2 Å². The SMILES string of the molecule is CC/C=C/c1ccc(CNc2ncnc(C)c2F)cc1. The van der Waals surface area contributed by atoms with Crippen molar-refractivity contribution in [1.29, 1.82) is 0 Å². The molecule has 0 fully saturated rings. The van der Waals surface area contributed by atoms with Crippen molar-refractivity contribution in [3.8, 4) is 0 Å². The van der Waals surface area contributed by atoms with Crippen LogP contribution in [-0.2, 0) is 6.54 Å². The number of aromatic nitrogens is 2. The van der Waals surface area contributed by atoms with E-state index in [1.165, 1.54) is 11.9 Å². The zero-order chi connectivity index (χ0) is 14.4. The predicted molar refractivity (Wildman–Crippen MR) is 79.8 cm³/mol.